The summed E-state index contributed by atoms with van der Waals surface area (Å²) in [6.45, 7) is 4.10. The first-order valence-corrected chi connectivity index (χ1v) is 5.77. The number of aliphatic carboxylic acids is 1. The molecule has 3 heteroatoms. The molecule has 0 fully saturated rings. The van der Waals surface area contributed by atoms with Crippen LogP contribution in [0.2, 0.25) is 0 Å². The largest absolute Gasteiger partial charge is 0.490 e. The molecule has 3 nitrogen and oxygen atoms in total. The van der Waals surface area contributed by atoms with E-state index in [0.29, 0.717) is 13.0 Å². The summed E-state index contributed by atoms with van der Waals surface area (Å²) >= 11 is 0. The zero-order valence-corrected chi connectivity index (χ0v) is 9.89. The van der Waals surface area contributed by atoms with E-state index >= 15 is 0 Å². The first-order chi connectivity index (χ1) is 8.22. The maximum Gasteiger partial charge on any atom is 0.303 e. The quantitative estimate of drug-likeness (QED) is 0.555. The summed E-state index contributed by atoms with van der Waals surface area (Å²) in [4.78, 5) is 10.4. The Morgan fingerprint density at radius 2 is 2.24 bits per heavy atom. The average molecular weight is 234 g/mol. The van der Waals surface area contributed by atoms with Gasteiger partial charge in [0.2, 0.25) is 0 Å². The summed E-state index contributed by atoms with van der Waals surface area (Å²) in [6, 6.07) is 7.88. The Morgan fingerprint density at radius 3 is 2.94 bits per heavy atom. The average Bonchev–Trinajstić information content (AvgIpc) is 2.32. The molecular formula is C14H18O3. The number of carboxylic acid groups (broad SMARTS) is 1. The molecular weight excluding hydrogens is 216 g/mol. The standard InChI is InChI=1S/C14H18O3/c1-2-10-17-13-8-5-7-12(11-13)6-3-4-9-14(15)16/h2,5,7-8,11H,1,3-4,6,9-10H2,(H,15,16). The van der Waals surface area contributed by atoms with Gasteiger partial charge in [0.25, 0.3) is 0 Å². The Kier molecular flexibility index (Phi) is 5.86. The number of hydrogen-bond donors (Lipinski definition) is 1. The second kappa shape index (κ2) is 7.49. The van der Waals surface area contributed by atoms with Gasteiger partial charge in [-0.15, -0.1) is 0 Å². The summed E-state index contributed by atoms with van der Waals surface area (Å²) in [6.07, 6.45) is 4.44. The molecule has 1 rings (SSSR count). The maximum absolute atomic E-state index is 10.4. The first-order valence-electron chi connectivity index (χ1n) is 5.77. The lowest BCUT2D eigenvalue weighted by molar-refractivity contribution is -0.137. The number of carboxylic acids is 1. The van der Waals surface area contributed by atoms with Crippen molar-refractivity contribution in [1.82, 2.24) is 0 Å². The van der Waals surface area contributed by atoms with Crippen molar-refractivity contribution < 1.29 is 14.6 Å². The minimum absolute atomic E-state index is 0.243. The summed E-state index contributed by atoms with van der Waals surface area (Å²) < 4.78 is 5.43. The van der Waals surface area contributed by atoms with Crippen LogP contribution in [0, 0.1) is 0 Å². The summed E-state index contributed by atoms with van der Waals surface area (Å²) in [5.41, 5.74) is 1.18. The first kappa shape index (κ1) is 13.3. The van der Waals surface area contributed by atoms with Crippen molar-refractivity contribution in [2.75, 3.05) is 6.61 Å². The molecule has 0 aromatic heterocycles. The molecule has 0 bridgehead atoms. The van der Waals surface area contributed by atoms with Crippen LogP contribution in [0.25, 0.3) is 0 Å². The molecule has 1 N–H and O–H groups in total. The van der Waals surface area contributed by atoms with Crippen LogP contribution in [0.15, 0.2) is 36.9 Å². The molecule has 0 radical (unpaired) electrons. The predicted molar refractivity (Wildman–Crippen MR) is 67.3 cm³/mol. The molecule has 0 saturated carbocycles. The van der Waals surface area contributed by atoms with Gasteiger partial charge in [-0.25, -0.2) is 0 Å². The monoisotopic (exact) mass is 234 g/mol. The molecule has 0 atom stereocenters. The highest BCUT2D eigenvalue weighted by atomic mass is 16.5. The van der Waals surface area contributed by atoms with Gasteiger partial charge in [0.15, 0.2) is 0 Å². The van der Waals surface area contributed by atoms with Gasteiger partial charge in [-0.3, -0.25) is 4.79 Å². The second-order valence-corrected chi connectivity index (χ2v) is 3.85. The van der Waals surface area contributed by atoms with Crippen molar-refractivity contribution in [3.8, 4) is 5.75 Å². The highest BCUT2D eigenvalue weighted by molar-refractivity contribution is 5.66. The molecule has 1 aromatic rings. The molecule has 0 amide bonds. The van der Waals surface area contributed by atoms with E-state index in [1.165, 1.54) is 5.56 Å². The Morgan fingerprint density at radius 1 is 1.41 bits per heavy atom. The van der Waals surface area contributed by atoms with E-state index in [4.69, 9.17) is 9.84 Å². The van der Waals surface area contributed by atoms with Crippen LogP contribution >= 0.6 is 0 Å². The zero-order valence-electron chi connectivity index (χ0n) is 9.89. The Labute approximate surface area is 102 Å². The third-order valence-electron chi connectivity index (χ3n) is 2.37. The van der Waals surface area contributed by atoms with Crippen LogP contribution in [0.3, 0.4) is 0 Å². The Bertz CT molecular complexity index is 371. The van der Waals surface area contributed by atoms with E-state index in [9.17, 15) is 4.79 Å². The Balaban J connectivity index is 2.37. The van der Waals surface area contributed by atoms with E-state index in [1.54, 1.807) is 6.08 Å². The summed E-state index contributed by atoms with van der Waals surface area (Å²) in [5.74, 6) is 0.105. The van der Waals surface area contributed by atoms with Crippen LogP contribution < -0.4 is 4.74 Å². The normalized spacial score (nSPS) is 9.88. The van der Waals surface area contributed by atoms with Gasteiger partial charge in [-0.1, -0.05) is 24.8 Å². The molecule has 0 aliphatic heterocycles. The lowest BCUT2D eigenvalue weighted by Crippen LogP contribution is -1.96. The number of unbranched alkanes of at least 4 members (excludes halogenated alkanes) is 1. The number of ether oxygens (including phenoxy) is 1. The Hall–Kier alpha value is -1.77. The van der Waals surface area contributed by atoms with Gasteiger partial charge < -0.3 is 9.84 Å². The molecule has 0 aliphatic rings. The minimum Gasteiger partial charge on any atom is -0.490 e. The van der Waals surface area contributed by atoms with E-state index < -0.39 is 5.97 Å². The van der Waals surface area contributed by atoms with Crippen LogP contribution in [-0.2, 0) is 11.2 Å². The van der Waals surface area contributed by atoms with E-state index in [-0.39, 0.29) is 6.42 Å². The molecule has 1 aromatic carbocycles. The molecule has 17 heavy (non-hydrogen) atoms. The van der Waals surface area contributed by atoms with Crippen molar-refractivity contribution in [2.24, 2.45) is 0 Å². The molecule has 92 valence electrons. The van der Waals surface area contributed by atoms with Crippen molar-refractivity contribution in [2.45, 2.75) is 25.7 Å². The van der Waals surface area contributed by atoms with Crippen LogP contribution in [0.4, 0.5) is 0 Å². The SMILES string of the molecule is C=CCOc1cccc(CCCCC(=O)O)c1. The number of hydrogen-bond acceptors (Lipinski definition) is 2. The van der Waals surface area contributed by atoms with E-state index in [0.717, 1.165) is 18.6 Å². The van der Waals surface area contributed by atoms with Crippen molar-refractivity contribution in [3.63, 3.8) is 0 Å². The summed E-state index contributed by atoms with van der Waals surface area (Å²) in [5, 5.41) is 8.52. The number of benzene rings is 1. The van der Waals surface area contributed by atoms with Crippen LogP contribution in [0.1, 0.15) is 24.8 Å². The van der Waals surface area contributed by atoms with Gasteiger partial charge >= 0.3 is 5.97 Å². The van der Waals surface area contributed by atoms with E-state index in [2.05, 4.69) is 6.58 Å². The fourth-order valence-electron chi connectivity index (χ4n) is 1.55. The highest BCUT2D eigenvalue weighted by Gasteiger charge is 1.99. The van der Waals surface area contributed by atoms with Crippen molar-refractivity contribution in [1.29, 1.82) is 0 Å². The lowest BCUT2D eigenvalue weighted by atomic mass is 10.1. The number of carbonyl (C=O) groups is 1. The maximum atomic E-state index is 10.4. The lowest BCUT2D eigenvalue weighted by Gasteiger charge is -2.05. The van der Waals surface area contributed by atoms with Crippen molar-refractivity contribution >= 4 is 5.97 Å². The van der Waals surface area contributed by atoms with Crippen LogP contribution in [0.5, 0.6) is 5.75 Å². The topological polar surface area (TPSA) is 46.5 Å². The van der Waals surface area contributed by atoms with Crippen molar-refractivity contribution in [3.05, 3.63) is 42.5 Å². The zero-order chi connectivity index (χ0) is 12.5. The van der Waals surface area contributed by atoms with Gasteiger partial charge in [0, 0.05) is 6.42 Å². The summed E-state index contributed by atoms with van der Waals surface area (Å²) in [7, 11) is 0. The molecule has 0 heterocycles. The molecule has 0 aliphatic carbocycles. The van der Waals surface area contributed by atoms with E-state index in [1.807, 2.05) is 24.3 Å². The third-order valence-corrected chi connectivity index (χ3v) is 2.37. The highest BCUT2D eigenvalue weighted by Crippen LogP contribution is 2.15. The third kappa shape index (κ3) is 5.76. The van der Waals surface area contributed by atoms with Gasteiger partial charge in [-0.05, 0) is 37.0 Å². The number of rotatable bonds is 8. The minimum atomic E-state index is -0.729. The predicted octanol–water partition coefficient (Wildman–Crippen LogP) is 3.05. The van der Waals surface area contributed by atoms with Gasteiger partial charge in [-0.2, -0.15) is 0 Å². The molecule has 0 unspecified atom stereocenters. The number of aryl methyl sites for hydroxylation is 1. The second-order valence-electron chi connectivity index (χ2n) is 3.85. The van der Waals surface area contributed by atoms with Crippen LogP contribution in [-0.4, -0.2) is 17.7 Å². The molecule has 0 saturated heterocycles. The van der Waals surface area contributed by atoms with Gasteiger partial charge in [0.05, 0.1) is 0 Å². The smallest absolute Gasteiger partial charge is 0.303 e. The fraction of sp³-hybridized carbons (Fsp3) is 0.357. The molecule has 0 spiro atoms. The van der Waals surface area contributed by atoms with Gasteiger partial charge in [0.1, 0.15) is 12.4 Å². The fourth-order valence-corrected chi connectivity index (χ4v) is 1.55.